The summed E-state index contributed by atoms with van der Waals surface area (Å²) in [5, 5.41) is 8.85. The summed E-state index contributed by atoms with van der Waals surface area (Å²) in [6.45, 7) is 2.36. The predicted octanol–water partition coefficient (Wildman–Crippen LogP) is 2.14. The Bertz CT molecular complexity index is 661. The van der Waals surface area contributed by atoms with Gasteiger partial charge in [0.1, 0.15) is 0 Å². The van der Waals surface area contributed by atoms with Gasteiger partial charge in [0, 0.05) is 39.0 Å². The van der Waals surface area contributed by atoms with Crippen LogP contribution in [0.1, 0.15) is 37.7 Å². The molecule has 0 saturated carbocycles. The molecule has 2 amide bonds. The molecule has 1 aromatic rings. The number of rotatable bonds is 6. The Morgan fingerprint density at radius 2 is 1.92 bits per heavy atom. The first-order valence-corrected chi connectivity index (χ1v) is 9.35. The highest BCUT2D eigenvalue weighted by Gasteiger charge is 2.37. The van der Waals surface area contributed by atoms with Gasteiger partial charge in [-0.2, -0.15) is 0 Å². The highest BCUT2D eigenvalue weighted by Crippen LogP contribution is 2.26. The van der Waals surface area contributed by atoms with Gasteiger partial charge in [-0.3, -0.25) is 14.4 Å². The van der Waals surface area contributed by atoms with Gasteiger partial charge in [-0.1, -0.05) is 30.3 Å². The van der Waals surface area contributed by atoms with Crippen molar-refractivity contribution in [3.05, 3.63) is 35.9 Å². The minimum atomic E-state index is -0.786. The standard InChI is InChI=1S/C20H26N2O4/c23-18-11-17(14-22(18)13-15-5-2-1-3-6-15)20(26)21-10-4-7-16(12-21)8-9-19(24)25/h1-3,5-6,16-17H,4,7-14H2,(H,24,25)/t16-,17-/m0/s1. The summed E-state index contributed by atoms with van der Waals surface area (Å²) in [5.41, 5.74) is 1.07. The summed E-state index contributed by atoms with van der Waals surface area (Å²) >= 11 is 0. The SMILES string of the molecule is O=C(O)CC[C@@H]1CCCN(C(=O)[C@H]2CC(=O)N(Cc3ccccc3)C2)C1. The third-order valence-electron chi connectivity index (χ3n) is 5.38. The van der Waals surface area contributed by atoms with E-state index in [2.05, 4.69) is 0 Å². The number of nitrogens with zero attached hydrogens (tertiary/aromatic N) is 2. The van der Waals surface area contributed by atoms with Gasteiger partial charge in [0.2, 0.25) is 11.8 Å². The van der Waals surface area contributed by atoms with Crippen LogP contribution in [-0.4, -0.2) is 52.3 Å². The third-order valence-corrected chi connectivity index (χ3v) is 5.38. The van der Waals surface area contributed by atoms with Crippen molar-refractivity contribution in [3.63, 3.8) is 0 Å². The Kier molecular flexibility index (Phi) is 5.91. The lowest BCUT2D eigenvalue weighted by molar-refractivity contribution is -0.138. The first kappa shape index (κ1) is 18.4. The monoisotopic (exact) mass is 358 g/mol. The van der Waals surface area contributed by atoms with E-state index in [1.807, 2.05) is 35.2 Å². The number of carboxylic acids is 1. The second-order valence-electron chi connectivity index (χ2n) is 7.39. The van der Waals surface area contributed by atoms with E-state index in [1.54, 1.807) is 4.90 Å². The van der Waals surface area contributed by atoms with Crippen molar-refractivity contribution in [1.82, 2.24) is 9.80 Å². The van der Waals surface area contributed by atoms with E-state index in [0.29, 0.717) is 32.6 Å². The van der Waals surface area contributed by atoms with Crippen LogP contribution in [0.3, 0.4) is 0 Å². The molecule has 2 fully saturated rings. The van der Waals surface area contributed by atoms with Crippen LogP contribution < -0.4 is 0 Å². The third kappa shape index (κ3) is 4.62. The quantitative estimate of drug-likeness (QED) is 0.845. The van der Waals surface area contributed by atoms with E-state index >= 15 is 0 Å². The molecule has 0 aromatic heterocycles. The summed E-state index contributed by atoms with van der Waals surface area (Å²) in [6, 6.07) is 9.81. The Morgan fingerprint density at radius 3 is 2.65 bits per heavy atom. The zero-order valence-electron chi connectivity index (χ0n) is 15.0. The number of aliphatic carboxylic acids is 1. The lowest BCUT2D eigenvalue weighted by Gasteiger charge is -2.34. The molecule has 0 bridgehead atoms. The van der Waals surface area contributed by atoms with Crippen molar-refractivity contribution in [3.8, 4) is 0 Å². The number of hydrogen-bond acceptors (Lipinski definition) is 3. The molecule has 2 aliphatic rings. The van der Waals surface area contributed by atoms with Gasteiger partial charge in [0.05, 0.1) is 5.92 Å². The van der Waals surface area contributed by atoms with Crippen LogP contribution in [0.5, 0.6) is 0 Å². The Morgan fingerprint density at radius 1 is 1.15 bits per heavy atom. The normalized spacial score (nSPS) is 23.3. The fraction of sp³-hybridized carbons (Fsp3) is 0.550. The number of amides is 2. The topological polar surface area (TPSA) is 77.9 Å². The number of carbonyl (C=O) groups is 3. The maximum atomic E-state index is 12.9. The summed E-state index contributed by atoms with van der Waals surface area (Å²) in [4.78, 5) is 39.5. The molecule has 140 valence electrons. The van der Waals surface area contributed by atoms with E-state index in [9.17, 15) is 14.4 Å². The molecule has 3 rings (SSSR count). The average molecular weight is 358 g/mol. The Labute approximate surface area is 153 Å². The summed E-state index contributed by atoms with van der Waals surface area (Å²) < 4.78 is 0. The number of piperidine rings is 1. The average Bonchev–Trinajstić information content (AvgIpc) is 3.01. The molecule has 2 heterocycles. The second-order valence-corrected chi connectivity index (χ2v) is 7.39. The molecule has 6 heteroatoms. The molecular weight excluding hydrogens is 332 g/mol. The predicted molar refractivity (Wildman–Crippen MR) is 96.1 cm³/mol. The zero-order chi connectivity index (χ0) is 18.5. The molecule has 0 aliphatic carbocycles. The maximum Gasteiger partial charge on any atom is 0.303 e. The highest BCUT2D eigenvalue weighted by molar-refractivity contribution is 5.89. The number of carbonyl (C=O) groups excluding carboxylic acids is 2. The lowest BCUT2D eigenvalue weighted by Crippen LogP contribution is -2.43. The molecule has 0 spiro atoms. The second kappa shape index (κ2) is 8.34. The largest absolute Gasteiger partial charge is 0.481 e. The summed E-state index contributed by atoms with van der Waals surface area (Å²) in [7, 11) is 0. The van der Waals surface area contributed by atoms with E-state index in [4.69, 9.17) is 5.11 Å². The minimum Gasteiger partial charge on any atom is -0.481 e. The highest BCUT2D eigenvalue weighted by atomic mass is 16.4. The van der Waals surface area contributed by atoms with Gasteiger partial charge >= 0.3 is 5.97 Å². The van der Waals surface area contributed by atoms with Gasteiger partial charge in [0.25, 0.3) is 0 Å². The molecule has 0 radical (unpaired) electrons. The van der Waals surface area contributed by atoms with E-state index in [-0.39, 0.29) is 36.5 Å². The van der Waals surface area contributed by atoms with Gasteiger partial charge in [-0.25, -0.2) is 0 Å². The minimum absolute atomic E-state index is 0.0339. The number of benzene rings is 1. The molecule has 2 aliphatic heterocycles. The Hall–Kier alpha value is -2.37. The van der Waals surface area contributed by atoms with Crippen LogP contribution in [0.4, 0.5) is 0 Å². The fourth-order valence-electron chi connectivity index (χ4n) is 3.98. The van der Waals surface area contributed by atoms with Crippen LogP contribution in [0.2, 0.25) is 0 Å². The number of hydrogen-bond donors (Lipinski definition) is 1. The van der Waals surface area contributed by atoms with Crippen molar-refractivity contribution >= 4 is 17.8 Å². The van der Waals surface area contributed by atoms with Crippen molar-refractivity contribution in [2.75, 3.05) is 19.6 Å². The Balaban J connectivity index is 1.54. The molecule has 6 nitrogen and oxygen atoms in total. The number of likely N-dealkylation sites (tertiary alicyclic amines) is 2. The molecule has 2 saturated heterocycles. The summed E-state index contributed by atoms with van der Waals surface area (Å²) in [6.07, 6.45) is 2.93. The van der Waals surface area contributed by atoms with Crippen molar-refractivity contribution in [2.45, 2.75) is 38.6 Å². The smallest absolute Gasteiger partial charge is 0.303 e. The molecule has 0 unspecified atom stereocenters. The van der Waals surface area contributed by atoms with Crippen LogP contribution in [0, 0.1) is 11.8 Å². The van der Waals surface area contributed by atoms with Crippen molar-refractivity contribution in [2.24, 2.45) is 11.8 Å². The van der Waals surface area contributed by atoms with Crippen molar-refractivity contribution in [1.29, 1.82) is 0 Å². The zero-order valence-corrected chi connectivity index (χ0v) is 15.0. The molecule has 26 heavy (non-hydrogen) atoms. The van der Waals surface area contributed by atoms with Crippen LogP contribution in [0.25, 0.3) is 0 Å². The van der Waals surface area contributed by atoms with E-state index in [1.165, 1.54) is 0 Å². The maximum absolute atomic E-state index is 12.9. The van der Waals surface area contributed by atoms with Gasteiger partial charge in [-0.05, 0) is 30.7 Å². The first-order valence-electron chi connectivity index (χ1n) is 9.35. The van der Waals surface area contributed by atoms with Crippen LogP contribution in [0.15, 0.2) is 30.3 Å². The summed E-state index contributed by atoms with van der Waals surface area (Å²) in [5.74, 6) is -0.724. The molecule has 2 atom stereocenters. The number of carboxylic acid groups (broad SMARTS) is 1. The van der Waals surface area contributed by atoms with Gasteiger partial charge in [-0.15, -0.1) is 0 Å². The van der Waals surface area contributed by atoms with Gasteiger partial charge in [0.15, 0.2) is 0 Å². The van der Waals surface area contributed by atoms with E-state index in [0.717, 1.165) is 18.4 Å². The fourth-order valence-corrected chi connectivity index (χ4v) is 3.98. The van der Waals surface area contributed by atoms with Crippen LogP contribution >= 0.6 is 0 Å². The first-order chi connectivity index (χ1) is 12.5. The van der Waals surface area contributed by atoms with Crippen LogP contribution in [-0.2, 0) is 20.9 Å². The van der Waals surface area contributed by atoms with E-state index < -0.39 is 5.97 Å². The van der Waals surface area contributed by atoms with Crippen molar-refractivity contribution < 1.29 is 19.5 Å². The lowest BCUT2D eigenvalue weighted by atomic mass is 9.92. The molecular formula is C20H26N2O4. The molecule has 1 aromatic carbocycles. The van der Waals surface area contributed by atoms with Gasteiger partial charge < -0.3 is 14.9 Å². The molecule has 1 N–H and O–H groups in total.